The predicted molar refractivity (Wildman–Crippen MR) is 56.3 cm³/mol. The van der Waals surface area contributed by atoms with E-state index in [1.54, 1.807) is 4.90 Å². The van der Waals surface area contributed by atoms with Gasteiger partial charge in [-0.15, -0.1) is 0 Å². The maximum absolute atomic E-state index is 11.7. The minimum Gasteiger partial charge on any atom is -0.478 e. The summed E-state index contributed by atoms with van der Waals surface area (Å²) in [4.78, 5) is 23.7. The van der Waals surface area contributed by atoms with E-state index in [1.807, 2.05) is 13.8 Å². The number of nitrogens with zero attached hydrogens (tertiary/aromatic N) is 1. The van der Waals surface area contributed by atoms with E-state index in [0.29, 0.717) is 12.5 Å². The molecule has 0 spiro atoms. The van der Waals surface area contributed by atoms with Gasteiger partial charge in [0.2, 0.25) is 5.91 Å². The van der Waals surface area contributed by atoms with Gasteiger partial charge in [0.25, 0.3) is 0 Å². The molecule has 0 aromatic heterocycles. The van der Waals surface area contributed by atoms with Crippen LogP contribution in [-0.4, -0.2) is 34.0 Å². The Morgan fingerprint density at radius 1 is 1.40 bits per heavy atom. The lowest BCUT2D eigenvalue weighted by atomic mass is 9.98. The third-order valence-corrected chi connectivity index (χ3v) is 2.71. The van der Waals surface area contributed by atoms with Crippen molar-refractivity contribution in [3.05, 3.63) is 12.2 Å². The molecule has 0 saturated carbocycles. The standard InChI is InChI=1S/C11H17NO3/c1-8-6-11(2,3)12(7-8)9(13)4-5-10(14)15/h4-5,8H,6-7H2,1-3H3,(H,14,15)/b5-4-. The van der Waals surface area contributed by atoms with E-state index in [4.69, 9.17) is 5.11 Å². The molecule has 4 heteroatoms. The Bertz CT molecular complexity index is 307. The molecule has 1 saturated heterocycles. The fraction of sp³-hybridized carbons (Fsp3) is 0.636. The number of carbonyl (C=O) groups excluding carboxylic acids is 1. The van der Waals surface area contributed by atoms with Crippen molar-refractivity contribution in [3.8, 4) is 0 Å². The van der Waals surface area contributed by atoms with Gasteiger partial charge in [0.1, 0.15) is 0 Å². The van der Waals surface area contributed by atoms with E-state index in [1.165, 1.54) is 0 Å². The summed E-state index contributed by atoms with van der Waals surface area (Å²) < 4.78 is 0. The number of carboxylic acid groups (broad SMARTS) is 1. The zero-order valence-corrected chi connectivity index (χ0v) is 9.36. The van der Waals surface area contributed by atoms with Crippen LogP contribution in [0.1, 0.15) is 27.2 Å². The van der Waals surface area contributed by atoms with Crippen LogP contribution in [0.15, 0.2) is 12.2 Å². The number of rotatable bonds is 2. The highest BCUT2D eigenvalue weighted by atomic mass is 16.4. The Labute approximate surface area is 89.6 Å². The molecule has 0 radical (unpaired) electrons. The minimum absolute atomic E-state index is 0.167. The number of hydrogen-bond donors (Lipinski definition) is 1. The van der Waals surface area contributed by atoms with Gasteiger partial charge in [-0.05, 0) is 26.2 Å². The molecule has 1 atom stereocenters. The van der Waals surface area contributed by atoms with E-state index >= 15 is 0 Å². The summed E-state index contributed by atoms with van der Waals surface area (Å²) in [6.07, 6.45) is 2.98. The highest BCUT2D eigenvalue weighted by Crippen LogP contribution is 2.32. The third-order valence-electron chi connectivity index (χ3n) is 2.71. The van der Waals surface area contributed by atoms with Crippen molar-refractivity contribution < 1.29 is 14.7 Å². The molecule has 0 aliphatic carbocycles. The maximum atomic E-state index is 11.7. The summed E-state index contributed by atoms with van der Waals surface area (Å²) in [7, 11) is 0. The normalized spacial score (nSPS) is 24.7. The molecule has 1 N–H and O–H groups in total. The molecule has 1 amide bonds. The molecule has 4 nitrogen and oxygen atoms in total. The van der Waals surface area contributed by atoms with Gasteiger partial charge in [-0.1, -0.05) is 6.92 Å². The van der Waals surface area contributed by atoms with Crippen LogP contribution >= 0.6 is 0 Å². The fourth-order valence-electron chi connectivity index (χ4n) is 2.21. The van der Waals surface area contributed by atoms with E-state index in [-0.39, 0.29) is 11.4 Å². The topological polar surface area (TPSA) is 57.6 Å². The molecular weight excluding hydrogens is 194 g/mol. The van der Waals surface area contributed by atoms with Gasteiger partial charge in [0.05, 0.1) is 0 Å². The molecule has 1 heterocycles. The van der Waals surface area contributed by atoms with Crippen LogP contribution in [0.2, 0.25) is 0 Å². The molecule has 0 bridgehead atoms. The molecule has 1 aliphatic rings. The summed E-state index contributed by atoms with van der Waals surface area (Å²) in [6, 6.07) is 0. The first-order valence-electron chi connectivity index (χ1n) is 5.05. The smallest absolute Gasteiger partial charge is 0.328 e. The van der Waals surface area contributed by atoms with E-state index in [2.05, 4.69) is 6.92 Å². The van der Waals surface area contributed by atoms with Crippen LogP contribution in [0.4, 0.5) is 0 Å². The quantitative estimate of drug-likeness (QED) is 0.700. The zero-order chi connectivity index (χ0) is 11.6. The molecular formula is C11H17NO3. The SMILES string of the molecule is CC1CN(C(=O)/C=C\C(=O)O)C(C)(C)C1. The number of aliphatic carboxylic acids is 1. The predicted octanol–water partition coefficient (Wildman–Crippen LogP) is 1.27. The number of carboxylic acids is 1. The molecule has 15 heavy (non-hydrogen) atoms. The van der Waals surface area contributed by atoms with Crippen LogP contribution in [0.25, 0.3) is 0 Å². The number of hydrogen-bond acceptors (Lipinski definition) is 2. The maximum Gasteiger partial charge on any atom is 0.328 e. The van der Waals surface area contributed by atoms with Gasteiger partial charge >= 0.3 is 5.97 Å². The minimum atomic E-state index is -1.09. The van der Waals surface area contributed by atoms with Crippen LogP contribution in [0.5, 0.6) is 0 Å². The van der Waals surface area contributed by atoms with Gasteiger partial charge in [-0.2, -0.15) is 0 Å². The lowest BCUT2D eigenvalue weighted by Gasteiger charge is -2.30. The number of amides is 1. The molecule has 1 unspecified atom stereocenters. The Kier molecular flexibility index (Phi) is 3.17. The van der Waals surface area contributed by atoms with Crippen molar-refractivity contribution in [2.75, 3.05) is 6.54 Å². The largest absolute Gasteiger partial charge is 0.478 e. The first kappa shape index (κ1) is 11.8. The second kappa shape index (κ2) is 4.04. The van der Waals surface area contributed by atoms with Crippen molar-refractivity contribution in [3.63, 3.8) is 0 Å². The molecule has 0 aromatic carbocycles. The van der Waals surface area contributed by atoms with Gasteiger partial charge in [-0.3, -0.25) is 4.79 Å². The van der Waals surface area contributed by atoms with Gasteiger partial charge in [0.15, 0.2) is 0 Å². The second-order valence-corrected chi connectivity index (χ2v) is 4.74. The highest BCUT2D eigenvalue weighted by molar-refractivity contribution is 5.94. The number of carbonyl (C=O) groups is 2. The van der Waals surface area contributed by atoms with Crippen molar-refractivity contribution in [2.24, 2.45) is 5.92 Å². The zero-order valence-electron chi connectivity index (χ0n) is 9.36. The molecule has 1 rings (SSSR count). The lowest BCUT2D eigenvalue weighted by Crippen LogP contribution is -2.41. The fourth-order valence-corrected chi connectivity index (χ4v) is 2.21. The van der Waals surface area contributed by atoms with Crippen molar-refractivity contribution in [1.29, 1.82) is 0 Å². The summed E-state index contributed by atoms with van der Waals surface area (Å²) in [5.41, 5.74) is -0.167. The van der Waals surface area contributed by atoms with Crippen molar-refractivity contribution in [1.82, 2.24) is 4.90 Å². The lowest BCUT2D eigenvalue weighted by molar-refractivity contribution is -0.133. The van der Waals surface area contributed by atoms with Gasteiger partial charge in [0, 0.05) is 24.2 Å². The monoisotopic (exact) mass is 211 g/mol. The molecule has 1 fully saturated rings. The molecule has 0 aromatic rings. The van der Waals surface area contributed by atoms with Crippen LogP contribution < -0.4 is 0 Å². The average Bonchev–Trinajstić information content (AvgIpc) is 2.35. The third kappa shape index (κ3) is 2.81. The average molecular weight is 211 g/mol. The van der Waals surface area contributed by atoms with E-state index in [0.717, 1.165) is 18.6 Å². The van der Waals surface area contributed by atoms with Crippen molar-refractivity contribution >= 4 is 11.9 Å². The Hall–Kier alpha value is -1.32. The Morgan fingerprint density at radius 2 is 2.00 bits per heavy atom. The van der Waals surface area contributed by atoms with Crippen molar-refractivity contribution in [2.45, 2.75) is 32.7 Å². The van der Waals surface area contributed by atoms with Gasteiger partial charge in [-0.25, -0.2) is 4.79 Å². The summed E-state index contributed by atoms with van der Waals surface area (Å²) in [5, 5.41) is 8.43. The van der Waals surface area contributed by atoms with E-state index in [9.17, 15) is 9.59 Å². The Morgan fingerprint density at radius 3 is 2.40 bits per heavy atom. The van der Waals surface area contributed by atoms with E-state index < -0.39 is 5.97 Å². The molecule has 1 aliphatic heterocycles. The second-order valence-electron chi connectivity index (χ2n) is 4.74. The van der Waals surface area contributed by atoms with Crippen LogP contribution in [-0.2, 0) is 9.59 Å². The summed E-state index contributed by atoms with van der Waals surface area (Å²) >= 11 is 0. The summed E-state index contributed by atoms with van der Waals surface area (Å²) in [6.45, 7) is 6.80. The van der Waals surface area contributed by atoms with Crippen LogP contribution in [0, 0.1) is 5.92 Å². The first-order valence-corrected chi connectivity index (χ1v) is 5.05. The number of likely N-dealkylation sites (tertiary alicyclic amines) is 1. The van der Waals surface area contributed by atoms with Gasteiger partial charge < -0.3 is 10.0 Å². The molecule has 84 valence electrons. The Balaban J connectivity index is 2.72. The highest BCUT2D eigenvalue weighted by Gasteiger charge is 2.38. The van der Waals surface area contributed by atoms with Crippen LogP contribution in [0.3, 0.4) is 0 Å². The first-order chi connectivity index (χ1) is 6.83. The summed E-state index contributed by atoms with van der Waals surface area (Å²) in [5.74, 6) is -0.831.